The number of anilines is 1. The summed E-state index contributed by atoms with van der Waals surface area (Å²) in [6.07, 6.45) is 0.231. The number of carbonyl (C=O) groups is 2. The first-order valence-electron chi connectivity index (χ1n) is 15.2. The van der Waals surface area contributed by atoms with Gasteiger partial charge in [-0.15, -0.1) is 0 Å². The molecule has 0 aliphatic rings. The summed E-state index contributed by atoms with van der Waals surface area (Å²) in [4.78, 5) is 30.0. The third-order valence-corrected chi connectivity index (χ3v) is 9.80. The van der Waals surface area contributed by atoms with Gasteiger partial charge in [0.2, 0.25) is 11.8 Å². The highest BCUT2D eigenvalue weighted by Gasteiger charge is 2.35. The number of rotatable bonds is 15. The number of nitrogens with one attached hydrogen (secondary N) is 1. The molecule has 0 saturated heterocycles. The van der Waals surface area contributed by atoms with E-state index >= 15 is 0 Å². The van der Waals surface area contributed by atoms with Crippen LogP contribution in [0.1, 0.15) is 25.0 Å². The molecule has 248 valence electrons. The number of hydrogen-bond donors (Lipinski definition) is 1. The van der Waals surface area contributed by atoms with Crippen LogP contribution in [0.15, 0.2) is 112 Å². The zero-order chi connectivity index (χ0) is 34.0. The van der Waals surface area contributed by atoms with Crippen molar-refractivity contribution < 1.29 is 27.5 Å². The molecule has 0 aliphatic carbocycles. The Bertz CT molecular complexity index is 1740. The first-order chi connectivity index (χ1) is 22.5. The van der Waals surface area contributed by atoms with Crippen LogP contribution in [0.5, 0.6) is 11.5 Å². The van der Waals surface area contributed by atoms with E-state index in [1.165, 1.54) is 37.3 Å². The summed E-state index contributed by atoms with van der Waals surface area (Å²) >= 11 is 3.46. The first kappa shape index (κ1) is 35.5. The Balaban J connectivity index is 1.82. The van der Waals surface area contributed by atoms with Crippen molar-refractivity contribution in [1.82, 2.24) is 10.2 Å². The molecule has 0 aliphatic heterocycles. The molecule has 0 bridgehead atoms. The minimum absolute atomic E-state index is 0.0116. The third-order valence-electron chi connectivity index (χ3n) is 7.49. The lowest BCUT2D eigenvalue weighted by Crippen LogP contribution is -2.53. The second-order valence-electron chi connectivity index (χ2n) is 11.4. The standard InChI is InChI=1S/C36H40BrN3O6S/c1-26(2)23-38-36(42)32(21-27-11-7-5-8-12-27)39(24-28-15-17-29(37)18-16-28)35(41)25-40(47(43,44)31-13-9-6-10-14-31)30-19-20-33(45-3)34(22-30)46-4/h5-20,22,26,32H,21,23-25H2,1-4H3,(H,38,42)/t32-/m1/s1. The second kappa shape index (κ2) is 16.5. The van der Waals surface area contributed by atoms with E-state index in [0.717, 1.165) is 19.9 Å². The molecule has 0 unspecified atom stereocenters. The second-order valence-corrected chi connectivity index (χ2v) is 14.1. The zero-order valence-electron chi connectivity index (χ0n) is 26.9. The normalized spacial score (nSPS) is 11.9. The number of ether oxygens (including phenoxy) is 2. The summed E-state index contributed by atoms with van der Waals surface area (Å²) < 4.78 is 41.2. The Hall–Kier alpha value is -4.35. The van der Waals surface area contributed by atoms with Gasteiger partial charge in [-0.3, -0.25) is 13.9 Å². The highest BCUT2D eigenvalue weighted by Crippen LogP contribution is 2.34. The highest BCUT2D eigenvalue weighted by atomic mass is 79.9. The number of nitrogens with zero attached hydrogens (tertiary/aromatic N) is 2. The Kier molecular flexibility index (Phi) is 12.4. The van der Waals surface area contributed by atoms with Gasteiger partial charge in [-0.1, -0.05) is 90.4 Å². The summed E-state index contributed by atoms with van der Waals surface area (Å²) in [6, 6.07) is 28.5. The summed E-state index contributed by atoms with van der Waals surface area (Å²) in [6.45, 7) is 3.90. The number of halogens is 1. The molecule has 0 aromatic heterocycles. The quantitative estimate of drug-likeness (QED) is 0.160. The summed E-state index contributed by atoms with van der Waals surface area (Å²) in [5.74, 6) is 0.0108. The molecule has 47 heavy (non-hydrogen) atoms. The summed E-state index contributed by atoms with van der Waals surface area (Å²) in [5.41, 5.74) is 1.84. The van der Waals surface area contributed by atoms with E-state index in [4.69, 9.17) is 9.47 Å². The van der Waals surface area contributed by atoms with E-state index in [1.807, 2.05) is 68.4 Å². The Morgan fingerprint density at radius 1 is 0.809 bits per heavy atom. The lowest BCUT2D eigenvalue weighted by Gasteiger charge is -2.34. The van der Waals surface area contributed by atoms with Gasteiger partial charge in [0, 0.05) is 30.0 Å². The molecule has 11 heteroatoms. The minimum Gasteiger partial charge on any atom is -0.493 e. The van der Waals surface area contributed by atoms with Crippen molar-refractivity contribution in [2.24, 2.45) is 5.92 Å². The summed E-state index contributed by atoms with van der Waals surface area (Å²) in [7, 11) is -1.32. The molecule has 1 atom stereocenters. The van der Waals surface area contributed by atoms with E-state index in [9.17, 15) is 18.0 Å². The molecule has 2 amide bonds. The van der Waals surface area contributed by atoms with Crippen molar-refractivity contribution >= 4 is 43.5 Å². The molecule has 0 radical (unpaired) electrons. The number of benzene rings is 4. The molecular formula is C36H40BrN3O6S. The van der Waals surface area contributed by atoms with Crippen molar-refractivity contribution in [3.63, 3.8) is 0 Å². The average Bonchev–Trinajstić information content (AvgIpc) is 3.08. The van der Waals surface area contributed by atoms with Crippen molar-refractivity contribution in [2.45, 2.75) is 37.8 Å². The van der Waals surface area contributed by atoms with Gasteiger partial charge in [0.25, 0.3) is 10.0 Å². The molecular weight excluding hydrogens is 682 g/mol. The third kappa shape index (κ3) is 9.36. The van der Waals surface area contributed by atoms with Crippen molar-refractivity contribution in [3.05, 3.63) is 119 Å². The van der Waals surface area contributed by atoms with E-state index in [-0.39, 0.29) is 35.4 Å². The van der Waals surface area contributed by atoms with Crippen LogP contribution in [-0.2, 0) is 32.6 Å². The van der Waals surface area contributed by atoms with Crippen molar-refractivity contribution in [2.75, 3.05) is 31.6 Å². The number of carbonyl (C=O) groups excluding carboxylic acids is 2. The fraction of sp³-hybridized carbons (Fsp3) is 0.278. The van der Waals surface area contributed by atoms with Gasteiger partial charge in [0.15, 0.2) is 11.5 Å². The smallest absolute Gasteiger partial charge is 0.264 e. The number of hydrogen-bond acceptors (Lipinski definition) is 6. The lowest BCUT2D eigenvalue weighted by molar-refractivity contribution is -0.140. The molecule has 0 fully saturated rings. The fourth-order valence-electron chi connectivity index (χ4n) is 4.99. The largest absolute Gasteiger partial charge is 0.493 e. The zero-order valence-corrected chi connectivity index (χ0v) is 29.3. The van der Waals surface area contributed by atoms with Crippen LogP contribution >= 0.6 is 15.9 Å². The molecule has 1 N–H and O–H groups in total. The number of methoxy groups -OCH3 is 2. The van der Waals surface area contributed by atoms with Crippen LogP contribution in [0.2, 0.25) is 0 Å². The molecule has 9 nitrogen and oxygen atoms in total. The predicted molar refractivity (Wildman–Crippen MR) is 187 cm³/mol. The van der Waals surface area contributed by atoms with E-state index < -0.39 is 28.5 Å². The van der Waals surface area contributed by atoms with Crippen molar-refractivity contribution in [1.29, 1.82) is 0 Å². The predicted octanol–water partition coefficient (Wildman–Crippen LogP) is 6.07. The van der Waals surface area contributed by atoms with E-state index in [2.05, 4.69) is 21.2 Å². The number of sulfonamides is 1. The highest BCUT2D eigenvalue weighted by molar-refractivity contribution is 9.10. The molecule has 4 aromatic carbocycles. The number of amides is 2. The van der Waals surface area contributed by atoms with Crippen LogP contribution in [0.4, 0.5) is 5.69 Å². The van der Waals surface area contributed by atoms with Crippen LogP contribution < -0.4 is 19.1 Å². The minimum atomic E-state index is -4.25. The van der Waals surface area contributed by atoms with Gasteiger partial charge in [-0.2, -0.15) is 0 Å². The van der Waals surface area contributed by atoms with Gasteiger partial charge in [0.05, 0.1) is 24.8 Å². The van der Waals surface area contributed by atoms with Gasteiger partial charge < -0.3 is 19.7 Å². The van der Waals surface area contributed by atoms with Gasteiger partial charge >= 0.3 is 0 Å². The molecule has 0 saturated carbocycles. The summed E-state index contributed by atoms with van der Waals surface area (Å²) in [5, 5.41) is 3.00. The van der Waals surface area contributed by atoms with Crippen LogP contribution in [0.25, 0.3) is 0 Å². The van der Waals surface area contributed by atoms with E-state index in [0.29, 0.717) is 18.0 Å². The Morgan fingerprint density at radius 3 is 2.02 bits per heavy atom. The van der Waals surface area contributed by atoms with Crippen molar-refractivity contribution in [3.8, 4) is 11.5 Å². The lowest BCUT2D eigenvalue weighted by atomic mass is 10.0. The molecule has 4 rings (SSSR count). The van der Waals surface area contributed by atoms with Gasteiger partial charge in [-0.25, -0.2) is 8.42 Å². The molecule has 0 spiro atoms. The SMILES string of the molecule is COc1ccc(N(CC(=O)N(Cc2ccc(Br)cc2)[C@H](Cc2ccccc2)C(=O)NCC(C)C)S(=O)(=O)c2ccccc2)cc1OC. The topological polar surface area (TPSA) is 105 Å². The van der Waals surface area contributed by atoms with Crippen LogP contribution in [0.3, 0.4) is 0 Å². The van der Waals surface area contributed by atoms with Gasteiger partial charge in [-0.05, 0) is 53.4 Å². The Labute approximate surface area is 285 Å². The fourth-order valence-corrected chi connectivity index (χ4v) is 6.68. The maximum atomic E-state index is 14.6. The maximum Gasteiger partial charge on any atom is 0.264 e. The van der Waals surface area contributed by atoms with E-state index in [1.54, 1.807) is 30.3 Å². The monoisotopic (exact) mass is 721 g/mol. The average molecular weight is 723 g/mol. The van der Waals surface area contributed by atoms with Crippen LogP contribution in [-0.4, -0.2) is 58.5 Å². The Morgan fingerprint density at radius 2 is 1.43 bits per heavy atom. The molecule has 4 aromatic rings. The van der Waals surface area contributed by atoms with Gasteiger partial charge in [0.1, 0.15) is 12.6 Å². The van der Waals surface area contributed by atoms with Crippen LogP contribution in [0, 0.1) is 5.92 Å². The maximum absolute atomic E-state index is 14.6. The molecule has 0 heterocycles. The first-order valence-corrected chi connectivity index (χ1v) is 17.4.